The van der Waals surface area contributed by atoms with E-state index < -0.39 is 8.32 Å². The summed E-state index contributed by atoms with van der Waals surface area (Å²) in [5.41, 5.74) is 1.21. The Bertz CT molecular complexity index is 598. The van der Waals surface area contributed by atoms with Crippen LogP contribution in [0.2, 0.25) is 18.1 Å². The van der Waals surface area contributed by atoms with Crippen molar-refractivity contribution in [1.82, 2.24) is 9.78 Å². The fourth-order valence-corrected chi connectivity index (χ4v) is 3.22. The number of aromatic nitrogens is 2. The first kappa shape index (κ1) is 16.2. The van der Waals surface area contributed by atoms with Crippen LogP contribution in [0, 0.1) is 5.92 Å². The van der Waals surface area contributed by atoms with Gasteiger partial charge in [-0.2, -0.15) is 5.10 Å². The number of fused-ring (bicyclic) bond motifs is 1. The molecule has 0 fully saturated rings. The average molecular weight is 305 g/mol. The van der Waals surface area contributed by atoms with Crippen LogP contribution in [0.3, 0.4) is 0 Å². The summed E-state index contributed by atoms with van der Waals surface area (Å²) in [7, 11) is -1.65. The molecule has 0 saturated heterocycles. The predicted molar refractivity (Wildman–Crippen MR) is 92.0 cm³/mol. The van der Waals surface area contributed by atoms with E-state index in [2.05, 4.69) is 74.8 Å². The van der Waals surface area contributed by atoms with Crippen molar-refractivity contribution in [2.45, 2.75) is 52.4 Å². The highest BCUT2D eigenvalue weighted by atomic mass is 28.4. The highest BCUT2D eigenvalue weighted by molar-refractivity contribution is 6.74. The van der Waals surface area contributed by atoms with Crippen LogP contribution in [0.1, 0.15) is 27.7 Å². The maximum Gasteiger partial charge on any atom is 0.191 e. The standard InChI is InChI=1S/C17H28N2OSi/c1-14(13-20-21(5,6)17(2,3)4)12-19-16-10-8-7-9-15(16)11-18-19/h7-11,14H,12-13H2,1-6H3. The molecule has 0 N–H and O–H groups in total. The summed E-state index contributed by atoms with van der Waals surface area (Å²) in [5.74, 6) is 0.461. The van der Waals surface area contributed by atoms with Gasteiger partial charge in [-0.25, -0.2) is 0 Å². The van der Waals surface area contributed by atoms with Gasteiger partial charge in [0.05, 0.1) is 11.7 Å². The fourth-order valence-electron chi connectivity index (χ4n) is 2.09. The lowest BCUT2D eigenvalue weighted by molar-refractivity contribution is 0.222. The van der Waals surface area contributed by atoms with Gasteiger partial charge in [0.15, 0.2) is 8.32 Å². The quantitative estimate of drug-likeness (QED) is 0.749. The molecule has 2 rings (SSSR count). The molecule has 0 aliphatic carbocycles. The van der Waals surface area contributed by atoms with Gasteiger partial charge < -0.3 is 4.43 Å². The van der Waals surface area contributed by atoms with Crippen molar-refractivity contribution in [1.29, 1.82) is 0 Å². The largest absolute Gasteiger partial charge is 0.416 e. The van der Waals surface area contributed by atoms with Crippen LogP contribution in [0.5, 0.6) is 0 Å². The van der Waals surface area contributed by atoms with Crippen LogP contribution in [-0.2, 0) is 11.0 Å². The Labute approximate surface area is 129 Å². The van der Waals surface area contributed by atoms with Gasteiger partial charge in [0.2, 0.25) is 0 Å². The van der Waals surface area contributed by atoms with E-state index in [4.69, 9.17) is 4.43 Å². The number of hydrogen-bond donors (Lipinski definition) is 0. The molecule has 3 nitrogen and oxygen atoms in total. The summed E-state index contributed by atoms with van der Waals surface area (Å²) < 4.78 is 8.41. The molecular formula is C17H28N2OSi. The molecular weight excluding hydrogens is 276 g/mol. The first-order valence-corrected chi connectivity index (χ1v) is 10.7. The van der Waals surface area contributed by atoms with Crippen LogP contribution in [0.25, 0.3) is 10.9 Å². The lowest BCUT2D eigenvalue weighted by Gasteiger charge is -2.37. The summed E-state index contributed by atoms with van der Waals surface area (Å²) in [6.07, 6.45) is 1.94. The maximum atomic E-state index is 6.31. The second kappa shape index (κ2) is 5.93. The third kappa shape index (κ3) is 3.74. The number of rotatable bonds is 5. The van der Waals surface area contributed by atoms with Gasteiger partial charge in [0.1, 0.15) is 0 Å². The predicted octanol–water partition coefficient (Wildman–Crippen LogP) is 4.69. The molecule has 1 atom stereocenters. The van der Waals surface area contributed by atoms with E-state index >= 15 is 0 Å². The van der Waals surface area contributed by atoms with Crippen molar-refractivity contribution in [2.75, 3.05) is 6.61 Å². The van der Waals surface area contributed by atoms with E-state index in [1.54, 1.807) is 0 Å². The highest BCUT2D eigenvalue weighted by Gasteiger charge is 2.37. The van der Waals surface area contributed by atoms with Crippen LogP contribution in [0.4, 0.5) is 0 Å². The Kier molecular flexibility index (Phi) is 4.59. The van der Waals surface area contributed by atoms with E-state index in [-0.39, 0.29) is 5.04 Å². The van der Waals surface area contributed by atoms with Crippen molar-refractivity contribution >= 4 is 19.2 Å². The fraction of sp³-hybridized carbons (Fsp3) is 0.588. The molecule has 116 valence electrons. The second-order valence-corrected chi connectivity index (χ2v) is 12.4. The average Bonchev–Trinajstić information content (AvgIpc) is 2.79. The Morgan fingerprint density at radius 3 is 2.57 bits per heavy atom. The SMILES string of the molecule is CC(CO[Si](C)(C)C(C)(C)C)Cn1ncc2ccccc21. The minimum absolute atomic E-state index is 0.269. The Morgan fingerprint density at radius 2 is 1.90 bits per heavy atom. The van der Waals surface area contributed by atoms with E-state index in [1.807, 2.05) is 6.20 Å². The van der Waals surface area contributed by atoms with Gasteiger partial charge in [0, 0.05) is 18.5 Å². The first-order valence-electron chi connectivity index (χ1n) is 7.75. The lowest BCUT2D eigenvalue weighted by Crippen LogP contribution is -2.42. The first-order chi connectivity index (χ1) is 9.71. The second-order valence-electron chi connectivity index (χ2n) is 7.56. The zero-order valence-corrected chi connectivity index (χ0v) is 15.2. The topological polar surface area (TPSA) is 27.1 Å². The zero-order chi connectivity index (χ0) is 15.7. The smallest absolute Gasteiger partial charge is 0.191 e. The molecule has 0 aliphatic heterocycles. The van der Waals surface area contributed by atoms with Gasteiger partial charge >= 0.3 is 0 Å². The summed E-state index contributed by atoms with van der Waals surface area (Å²) in [6.45, 7) is 15.4. The molecule has 1 unspecified atom stereocenters. The highest BCUT2D eigenvalue weighted by Crippen LogP contribution is 2.36. The minimum Gasteiger partial charge on any atom is -0.416 e. The lowest BCUT2D eigenvalue weighted by atomic mass is 10.2. The van der Waals surface area contributed by atoms with E-state index in [0.29, 0.717) is 5.92 Å². The van der Waals surface area contributed by atoms with Crippen LogP contribution in [-0.4, -0.2) is 24.7 Å². The molecule has 4 heteroatoms. The molecule has 0 spiro atoms. The zero-order valence-electron chi connectivity index (χ0n) is 14.2. The number of hydrogen-bond acceptors (Lipinski definition) is 2. The molecule has 21 heavy (non-hydrogen) atoms. The van der Waals surface area contributed by atoms with Crippen LogP contribution in [0.15, 0.2) is 30.5 Å². The molecule has 0 saturated carbocycles. The van der Waals surface area contributed by atoms with E-state index in [0.717, 1.165) is 13.2 Å². The molecule has 2 aromatic rings. The Hall–Kier alpha value is -1.13. The normalized spacial score (nSPS) is 14.6. The summed E-state index contributed by atoms with van der Waals surface area (Å²) in [6, 6.07) is 8.36. The molecule has 1 aromatic carbocycles. The monoisotopic (exact) mass is 304 g/mol. The van der Waals surface area contributed by atoms with Gasteiger partial charge in [-0.1, -0.05) is 45.9 Å². The number of benzene rings is 1. The van der Waals surface area contributed by atoms with Crippen LogP contribution < -0.4 is 0 Å². The van der Waals surface area contributed by atoms with Gasteiger partial charge in [-0.15, -0.1) is 0 Å². The maximum absolute atomic E-state index is 6.31. The summed E-state index contributed by atoms with van der Waals surface area (Å²) in [4.78, 5) is 0. The summed E-state index contributed by atoms with van der Waals surface area (Å²) >= 11 is 0. The van der Waals surface area contributed by atoms with Crippen LogP contribution >= 0.6 is 0 Å². The number of para-hydroxylation sites is 1. The van der Waals surface area contributed by atoms with Crippen molar-refractivity contribution < 1.29 is 4.43 Å². The molecule has 0 amide bonds. The summed E-state index contributed by atoms with van der Waals surface area (Å²) in [5, 5.41) is 5.97. The van der Waals surface area contributed by atoms with Crippen molar-refractivity contribution in [3.05, 3.63) is 30.5 Å². The third-order valence-corrected chi connectivity index (χ3v) is 9.07. The molecule has 1 heterocycles. The van der Waals surface area contributed by atoms with Gasteiger partial charge in [-0.05, 0) is 30.1 Å². The number of nitrogens with zero attached hydrogens (tertiary/aromatic N) is 2. The molecule has 0 aliphatic rings. The van der Waals surface area contributed by atoms with Crippen molar-refractivity contribution in [2.24, 2.45) is 5.92 Å². The Balaban J connectivity index is 1.98. The third-order valence-electron chi connectivity index (χ3n) is 4.57. The molecule has 1 aromatic heterocycles. The minimum atomic E-state index is -1.65. The van der Waals surface area contributed by atoms with E-state index in [1.165, 1.54) is 10.9 Å². The van der Waals surface area contributed by atoms with Gasteiger partial charge in [-0.3, -0.25) is 4.68 Å². The molecule has 0 bridgehead atoms. The van der Waals surface area contributed by atoms with E-state index in [9.17, 15) is 0 Å². The molecule has 0 radical (unpaired) electrons. The van der Waals surface area contributed by atoms with Gasteiger partial charge in [0.25, 0.3) is 0 Å². The van der Waals surface area contributed by atoms with Crippen molar-refractivity contribution in [3.8, 4) is 0 Å². The Morgan fingerprint density at radius 1 is 1.24 bits per heavy atom. The van der Waals surface area contributed by atoms with Crippen molar-refractivity contribution in [3.63, 3.8) is 0 Å².